The fraction of sp³-hybridized carbons (Fsp3) is 0.0769. The van der Waals surface area contributed by atoms with Gasteiger partial charge in [-0.1, -0.05) is 12.1 Å². The van der Waals surface area contributed by atoms with Crippen molar-refractivity contribution in [1.29, 1.82) is 0 Å². The number of nitrogens with one attached hydrogen (secondary N) is 2. The molecule has 3 rings (SSSR count). The zero-order valence-electron chi connectivity index (χ0n) is 9.52. The summed E-state index contributed by atoms with van der Waals surface area (Å²) in [7, 11) is 0. The van der Waals surface area contributed by atoms with Gasteiger partial charge in [-0.2, -0.15) is 5.10 Å². The maximum Gasteiger partial charge on any atom is 0.106 e. The number of rotatable bonds is 3. The molecule has 3 aromatic rings. The second-order valence-corrected chi connectivity index (χ2v) is 4.75. The molecular weight excluding hydrogens is 292 g/mol. The predicted octanol–water partition coefficient (Wildman–Crippen LogP) is 3.33. The number of pyridine rings is 1. The molecule has 0 radical (unpaired) electrons. The normalized spacial score (nSPS) is 10.7. The Hall–Kier alpha value is -1.88. The first kappa shape index (κ1) is 11.2. The van der Waals surface area contributed by atoms with Crippen LogP contribution in [0.5, 0.6) is 0 Å². The highest BCUT2D eigenvalue weighted by atomic mass is 79.9. The quantitative estimate of drug-likeness (QED) is 0.730. The van der Waals surface area contributed by atoms with Crippen LogP contribution in [0.2, 0.25) is 0 Å². The van der Waals surface area contributed by atoms with Crippen LogP contribution in [0.1, 0.15) is 5.69 Å². The van der Waals surface area contributed by atoms with E-state index in [2.05, 4.69) is 36.4 Å². The summed E-state index contributed by atoms with van der Waals surface area (Å²) < 4.78 is 0.850. The minimum absolute atomic E-state index is 0.684. The molecule has 0 bridgehead atoms. The number of hydrogen-bond acceptors (Lipinski definition) is 3. The lowest BCUT2D eigenvalue weighted by Crippen LogP contribution is -2.01. The van der Waals surface area contributed by atoms with Gasteiger partial charge >= 0.3 is 0 Å². The lowest BCUT2D eigenvalue weighted by atomic mass is 10.2. The van der Waals surface area contributed by atoms with Crippen molar-refractivity contribution in [2.24, 2.45) is 0 Å². The lowest BCUT2D eigenvalue weighted by Gasteiger charge is -2.07. The first-order chi connectivity index (χ1) is 8.83. The van der Waals surface area contributed by atoms with Gasteiger partial charge in [-0.15, -0.1) is 0 Å². The van der Waals surface area contributed by atoms with Crippen molar-refractivity contribution in [2.45, 2.75) is 6.54 Å². The molecule has 0 aliphatic heterocycles. The van der Waals surface area contributed by atoms with Crippen LogP contribution < -0.4 is 5.32 Å². The molecule has 2 heterocycles. The van der Waals surface area contributed by atoms with E-state index in [9.17, 15) is 0 Å². The van der Waals surface area contributed by atoms with Gasteiger partial charge in [0.2, 0.25) is 0 Å². The van der Waals surface area contributed by atoms with E-state index >= 15 is 0 Å². The van der Waals surface area contributed by atoms with Crippen molar-refractivity contribution in [3.8, 4) is 0 Å². The molecule has 2 aromatic heterocycles. The molecule has 0 saturated carbocycles. The van der Waals surface area contributed by atoms with E-state index in [1.165, 1.54) is 0 Å². The molecule has 2 N–H and O–H groups in total. The second kappa shape index (κ2) is 4.78. The number of H-pyrrole nitrogens is 1. The standard InChI is InChI=1S/C13H11BrN4/c14-13-6-1-3-9(17-13)7-15-11-4-2-5-12-10(11)8-16-18-12/h1-6,8,15H,7H2,(H,16,18). The van der Waals surface area contributed by atoms with E-state index in [1.54, 1.807) is 0 Å². The molecule has 0 aliphatic rings. The Kier molecular flexibility index (Phi) is 2.98. The van der Waals surface area contributed by atoms with Gasteiger partial charge < -0.3 is 5.32 Å². The fourth-order valence-corrected chi connectivity index (χ4v) is 2.24. The Morgan fingerprint density at radius 1 is 1.17 bits per heavy atom. The van der Waals surface area contributed by atoms with Gasteiger partial charge in [0.25, 0.3) is 0 Å². The van der Waals surface area contributed by atoms with E-state index in [4.69, 9.17) is 0 Å². The van der Waals surface area contributed by atoms with Crippen LogP contribution >= 0.6 is 15.9 Å². The van der Waals surface area contributed by atoms with Crippen LogP contribution in [0, 0.1) is 0 Å². The maximum atomic E-state index is 4.39. The number of aromatic nitrogens is 3. The third-order valence-electron chi connectivity index (χ3n) is 2.72. The molecule has 18 heavy (non-hydrogen) atoms. The smallest absolute Gasteiger partial charge is 0.106 e. The molecule has 4 nitrogen and oxygen atoms in total. The van der Waals surface area contributed by atoms with Crippen LogP contribution in [-0.2, 0) is 6.54 Å². The van der Waals surface area contributed by atoms with Gasteiger partial charge in [-0.25, -0.2) is 4.98 Å². The summed E-state index contributed by atoms with van der Waals surface area (Å²) >= 11 is 3.37. The molecule has 0 saturated heterocycles. The third kappa shape index (κ3) is 2.22. The molecule has 1 aromatic carbocycles. The van der Waals surface area contributed by atoms with E-state index in [-0.39, 0.29) is 0 Å². The minimum atomic E-state index is 0.684. The molecule has 0 unspecified atom stereocenters. The fourth-order valence-electron chi connectivity index (χ4n) is 1.86. The van der Waals surface area contributed by atoms with Crippen molar-refractivity contribution in [3.05, 3.63) is 52.9 Å². The average molecular weight is 303 g/mol. The lowest BCUT2D eigenvalue weighted by molar-refractivity contribution is 1.03. The van der Waals surface area contributed by atoms with Crippen LogP contribution in [0.25, 0.3) is 10.9 Å². The Balaban J connectivity index is 1.83. The zero-order valence-corrected chi connectivity index (χ0v) is 11.1. The van der Waals surface area contributed by atoms with E-state index in [0.717, 1.165) is 26.9 Å². The largest absolute Gasteiger partial charge is 0.379 e. The molecule has 90 valence electrons. The number of aromatic amines is 1. The first-order valence-electron chi connectivity index (χ1n) is 5.60. The predicted molar refractivity (Wildman–Crippen MR) is 75.4 cm³/mol. The van der Waals surface area contributed by atoms with Crippen LogP contribution in [-0.4, -0.2) is 15.2 Å². The van der Waals surface area contributed by atoms with Gasteiger partial charge in [0.1, 0.15) is 4.60 Å². The van der Waals surface area contributed by atoms with Crippen molar-refractivity contribution in [3.63, 3.8) is 0 Å². The van der Waals surface area contributed by atoms with Crippen LogP contribution in [0.3, 0.4) is 0 Å². The van der Waals surface area contributed by atoms with E-state index < -0.39 is 0 Å². The average Bonchev–Trinajstić information content (AvgIpc) is 2.85. The summed E-state index contributed by atoms with van der Waals surface area (Å²) in [4.78, 5) is 4.39. The zero-order chi connectivity index (χ0) is 12.4. The Morgan fingerprint density at radius 2 is 2.06 bits per heavy atom. The monoisotopic (exact) mass is 302 g/mol. The molecular formula is C13H11BrN4. The number of nitrogens with zero attached hydrogens (tertiary/aromatic N) is 2. The molecule has 0 amide bonds. The van der Waals surface area contributed by atoms with E-state index in [1.807, 2.05) is 42.6 Å². The summed E-state index contributed by atoms with van der Waals surface area (Å²) in [6, 6.07) is 11.9. The Morgan fingerprint density at radius 3 is 2.94 bits per heavy atom. The van der Waals surface area contributed by atoms with Gasteiger partial charge in [-0.3, -0.25) is 5.10 Å². The number of halogens is 1. The number of anilines is 1. The summed E-state index contributed by atoms with van der Waals surface area (Å²) in [6.45, 7) is 0.684. The summed E-state index contributed by atoms with van der Waals surface area (Å²) in [5, 5.41) is 11.5. The highest BCUT2D eigenvalue weighted by Crippen LogP contribution is 2.21. The number of hydrogen-bond donors (Lipinski definition) is 2. The highest BCUT2D eigenvalue weighted by Gasteiger charge is 2.02. The summed E-state index contributed by atoms with van der Waals surface area (Å²) in [5.74, 6) is 0. The van der Waals surface area contributed by atoms with Crippen LogP contribution in [0.15, 0.2) is 47.2 Å². The molecule has 0 fully saturated rings. The van der Waals surface area contributed by atoms with Crippen molar-refractivity contribution >= 4 is 32.5 Å². The van der Waals surface area contributed by atoms with Crippen molar-refractivity contribution < 1.29 is 0 Å². The SMILES string of the molecule is Brc1cccc(CNc2cccc3[nH]ncc23)n1. The molecule has 0 aliphatic carbocycles. The molecule has 0 spiro atoms. The van der Waals surface area contributed by atoms with Gasteiger partial charge in [0.15, 0.2) is 0 Å². The van der Waals surface area contributed by atoms with Gasteiger partial charge in [0.05, 0.1) is 24.0 Å². The Labute approximate surface area is 113 Å². The van der Waals surface area contributed by atoms with E-state index in [0.29, 0.717) is 6.54 Å². The summed E-state index contributed by atoms with van der Waals surface area (Å²) in [6.07, 6.45) is 1.83. The third-order valence-corrected chi connectivity index (χ3v) is 3.16. The maximum absolute atomic E-state index is 4.39. The van der Waals surface area contributed by atoms with Crippen molar-refractivity contribution in [1.82, 2.24) is 15.2 Å². The molecule has 0 atom stereocenters. The summed E-state index contributed by atoms with van der Waals surface area (Å²) in [5.41, 5.74) is 3.08. The minimum Gasteiger partial charge on any atom is -0.379 e. The number of benzene rings is 1. The van der Waals surface area contributed by atoms with Gasteiger partial charge in [-0.05, 0) is 40.2 Å². The molecule has 5 heteroatoms. The second-order valence-electron chi connectivity index (χ2n) is 3.94. The highest BCUT2D eigenvalue weighted by molar-refractivity contribution is 9.10. The van der Waals surface area contributed by atoms with Gasteiger partial charge in [0, 0.05) is 11.1 Å². The first-order valence-corrected chi connectivity index (χ1v) is 6.39. The topological polar surface area (TPSA) is 53.6 Å². The Bertz CT molecular complexity index is 677. The van der Waals surface area contributed by atoms with Crippen LogP contribution in [0.4, 0.5) is 5.69 Å². The van der Waals surface area contributed by atoms with Crippen molar-refractivity contribution in [2.75, 3.05) is 5.32 Å². The number of fused-ring (bicyclic) bond motifs is 1.